The van der Waals surface area contributed by atoms with E-state index in [0.29, 0.717) is 0 Å². The lowest BCUT2D eigenvalue weighted by atomic mass is 10.2. The van der Waals surface area contributed by atoms with Crippen molar-refractivity contribution in [2.24, 2.45) is 0 Å². The Morgan fingerprint density at radius 2 is 1.71 bits per heavy atom. The first-order valence-electron chi connectivity index (χ1n) is 5.34. The maximum atomic E-state index is 4.08. The topological polar surface area (TPSA) is 25.8 Å². The van der Waals surface area contributed by atoms with E-state index in [1.54, 1.807) is 24.5 Å². The van der Waals surface area contributed by atoms with Crippen molar-refractivity contribution in [1.29, 1.82) is 0 Å². The highest BCUT2D eigenvalue weighted by molar-refractivity contribution is 5.45. The van der Waals surface area contributed by atoms with E-state index >= 15 is 0 Å². The van der Waals surface area contributed by atoms with Gasteiger partial charge in [0.2, 0.25) is 0 Å². The number of hydrogen-bond acceptors (Lipinski definition) is 2. The molecule has 2 rings (SSSR count). The second kappa shape index (κ2) is 7.12. The Balaban J connectivity index is 0.000000171. The first kappa shape index (κ1) is 12.8. The standard InChI is InChI=1S/C8H9N.C7H7N/c1-3-8-5-4-7(2)9-6-8;1-2-7-4-3-5-8-6-7/h3-6H,1H2,2H3;2-6H,1H2. The summed E-state index contributed by atoms with van der Waals surface area (Å²) in [5.74, 6) is 0. The molecule has 0 saturated heterocycles. The zero-order chi connectivity index (χ0) is 12.5. The third kappa shape index (κ3) is 4.89. The van der Waals surface area contributed by atoms with Gasteiger partial charge in [0.05, 0.1) is 0 Å². The van der Waals surface area contributed by atoms with Crippen LogP contribution in [0.3, 0.4) is 0 Å². The molecule has 0 spiro atoms. The van der Waals surface area contributed by atoms with E-state index in [2.05, 4.69) is 23.1 Å². The highest BCUT2D eigenvalue weighted by Gasteiger charge is 1.83. The van der Waals surface area contributed by atoms with E-state index in [1.165, 1.54) is 0 Å². The van der Waals surface area contributed by atoms with E-state index in [0.717, 1.165) is 16.8 Å². The minimum atomic E-state index is 1.04. The summed E-state index contributed by atoms with van der Waals surface area (Å²) in [4.78, 5) is 7.96. The van der Waals surface area contributed by atoms with Crippen LogP contribution in [0.25, 0.3) is 12.2 Å². The molecule has 2 aromatic rings. The Bertz CT molecular complexity index is 458. The zero-order valence-electron chi connectivity index (χ0n) is 10.0. The van der Waals surface area contributed by atoms with E-state index in [4.69, 9.17) is 0 Å². The normalized spacial score (nSPS) is 8.76. The molecule has 2 heteroatoms. The quantitative estimate of drug-likeness (QED) is 0.776. The fourth-order valence-corrected chi connectivity index (χ4v) is 1.10. The number of aryl methyl sites for hydroxylation is 1. The predicted octanol–water partition coefficient (Wildman–Crippen LogP) is 3.76. The second-order valence-electron chi connectivity index (χ2n) is 3.43. The molecule has 0 N–H and O–H groups in total. The van der Waals surface area contributed by atoms with Gasteiger partial charge in [-0.2, -0.15) is 0 Å². The van der Waals surface area contributed by atoms with Gasteiger partial charge in [-0.1, -0.05) is 37.4 Å². The van der Waals surface area contributed by atoms with Gasteiger partial charge in [-0.25, -0.2) is 0 Å². The Morgan fingerprint density at radius 1 is 1.00 bits per heavy atom. The molecule has 0 aliphatic heterocycles. The van der Waals surface area contributed by atoms with Crippen molar-refractivity contribution in [1.82, 2.24) is 9.97 Å². The van der Waals surface area contributed by atoms with Gasteiger partial charge in [-0.05, 0) is 30.2 Å². The molecule has 0 bridgehead atoms. The Labute approximate surface area is 102 Å². The summed E-state index contributed by atoms with van der Waals surface area (Å²) in [6.45, 7) is 9.18. The number of hydrogen-bond donors (Lipinski definition) is 0. The van der Waals surface area contributed by atoms with Gasteiger partial charge < -0.3 is 0 Å². The summed E-state index contributed by atoms with van der Waals surface area (Å²) in [7, 11) is 0. The van der Waals surface area contributed by atoms with E-state index in [1.807, 2.05) is 37.4 Å². The van der Waals surface area contributed by atoms with Gasteiger partial charge in [0, 0.05) is 24.3 Å². The molecule has 17 heavy (non-hydrogen) atoms. The Hall–Kier alpha value is -2.22. The van der Waals surface area contributed by atoms with Crippen LogP contribution in [-0.4, -0.2) is 9.97 Å². The monoisotopic (exact) mass is 224 g/mol. The largest absolute Gasteiger partial charge is 0.264 e. The van der Waals surface area contributed by atoms with Crippen molar-refractivity contribution in [3.63, 3.8) is 0 Å². The summed E-state index contributed by atoms with van der Waals surface area (Å²) >= 11 is 0. The average molecular weight is 224 g/mol. The van der Waals surface area contributed by atoms with E-state index < -0.39 is 0 Å². The van der Waals surface area contributed by atoms with Gasteiger partial charge in [0.15, 0.2) is 0 Å². The van der Waals surface area contributed by atoms with Crippen molar-refractivity contribution in [3.05, 3.63) is 72.8 Å². The minimum Gasteiger partial charge on any atom is -0.264 e. The summed E-state index contributed by atoms with van der Waals surface area (Å²) in [5, 5.41) is 0. The van der Waals surface area contributed by atoms with Gasteiger partial charge in [0.25, 0.3) is 0 Å². The number of nitrogens with zero attached hydrogens (tertiary/aromatic N) is 2. The molecule has 0 unspecified atom stereocenters. The van der Waals surface area contributed by atoms with Gasteiger partial charge >= 0.3 is 0 Å². The molecule has 0 radical (unpaired) electrons. The van der Waals surface area contributed by atoms with Crippen LogP contribution in [-0.2, 0) is 0 Å². The molecular weight excluding hydrogens is 208 g/mol. The molecule has 86 valence electrons. The lowest BCUT2D eigenvalue weighted by molar-refractivity contribution is 1.19. The van der Waals surface area contributed by atoms with Crippen LogP contribution in [0.5, 0.6) is 0 Å². The summed E-state index contributed by atoms with van der Waals surface area (Å²) in [6, 6.07) is 7.81. The van der Waals surface area contributed by atoms with Crippen molar-refractivity contribution < 1.29 is 0 Å². The lowest BCUT2D eigenvalue weighted by Gasteiger charge is -1.90. The summed E-state index contributed by atoms with van der Waals surface area (Å²) < 4.78 is 0. The van der Waals surface area contributed by atoms with Gasteiger partial charge in [0.1, 0.15) is 0 Å². The van der Waals surface area contributed by atoms with Gasteiger partial charge in [-0.15, -0.1) is 0 Å². The van der Waals surface area contributed by atoms with Crippen LogP contribution in [0.1, 0.15) is 16.8 Å². The maximum absolute atomic E-state index is 4.08. The highest BCUT2D eigenvalue weighted by Crippen LogP contribution is 1.98. The van der Waals surface area contributed by atoms with Crippen molar-refractivity contribution in [2.45, 2.75) is 6.92 Å². The molecule has 0 saturated carbocycles. The molecule has 2 nitrogen and oxygen atoms in total. The number of rotatable bonds is 2. The molecule has 2 aromatic heterocycles. The molecular formula is C15H16N2. The fourth-order valence-electron chi connectivity index (χ4n) is 1.10. The Morgan fingerprint density at radius 3 is 2.12 bits per heavy atom. The van der Waals surface area contributed by atoms with Crippen LogP contribution in [0.2, 0.25) is 0 Å². The first-order valence-corrected chi connectivity index (χ1v) is 5.34. The van der Waals surface area contributed by atoms with Crippen molar-refractivity contribution >= 4 is 12.2 Å². The van der Waals surface area contributed by atoms with Gasteiger partial charge in [-0.3, -0.25) is 9.97 Å². The van der Waals surface area contributed by atoms with Crippen LogP contribution in [0.4, 0.5) is 0 Å². The molecule has 0 amide bonds. The van der Waals surface area contributed by atoms with E-state index in [9.17, 15) is 0 Å². The highest BCUT2D eigenvalue weighted by atomic mass is 14.6. The first-order chi connectivity index (χ1) is 8.26. The summed E-state index contributed by atoms with van der Waals surface area (Å²) in [5.41, 5.74) is 3.17. The van der Waals surface area contributed by atoms with Crippen LogP contribution >= 0.6 is 0 Å². The van der Waals surface area contributed by atoms with Crippen LogP contribution in [0.15, 0.2) is 56.0 Å². The number of aromatic nitrogens is 2. The SMILES string of the molecule is C=Cc1ccc(C)nc1.C=Cc1cccnc1. The fraction of sp³-hybridized carbons (Fsp3) is 0.0667. The summed E-state index contributed by atoms with van der Waals surface area (Å²) in [6.07, 6.45) is 8.88. The lowest BCUT2D eigenvalue weighted by Crippen LogP contribution is -1.78. The van der Waals surface area contributed by atoms with Crippen molar-refractivity contribution in [2.75, 3.05) is 0 Å². The predicted molar refractivity (Wildman–Crippen MR) is 73.4 cm³/mol. The molecule has 0 atom stereocenters. The zero-order valence-corrected chi connectivity index (χ0v) is 10.0. The molecule has 0 fully saturated rings. The van der Waals surface area contributed by atoms with Crippen LogP contribution < -0.4 is 0 Å². The Kier molecular flexibility index (Phi) is 5.38. The average Bonchev–Trinajstić information content (AvgIpc) is 2.41. The maximum Gasteiger partial charge on any atom is 0.0373 e. The van der Waals surface area contributed by atoms with E-state index in [-0.39, 0.29) is 0 Å². The third-order valence-electron chi connectivity index (χ3n) is 2.09. The molecule has 0 aromatic carbocycles. The van der Waals surface area contributed by atoms with Crippen LogP contribution in [0, 0.1) is 6.92 Å². The third-order valence-corrected chi connectivity index (χ3v) is 2.09. The molecule has 0 aliphatic rings. The number of pyridine rings is 2. The minimum absolute atomic E-state index is 1.04. The molecule has 0 aliphatic carbocycles. The van der Waals surface area contributed by atoms with Crippen molar-refractivity contribution in [3.8, 4) is 0 Å². The smallest absolute Gasteiger partial charge is 0.0373 e. The second-order valence-corrected chi connectivity index (χ2v) is 3.43. The molecule has 2 heterocycles.